The molecule has 0 radical (unpaired) electrons. The molecule has 302 valence electrons. The van der Waals surface area contributed by atoms with Gasteiger partial charge in [-0.25, -0.2) is 0 Å². The predicted octanol–water partition coefficient (Wildman–Crippen LogP) is 13.8. The quantitative estimate of drug-likeness (QED) is 0.0357. The van der Waals surface area contributed by atoms with Gasteiger partial charge in [-0.1, -0.05) is 202 Å². The van der Waals surface area contributed by atoms with Crippen molar-refractivity contribution in [2.24, 2.45) is 11.8 Å². The van der Waals surface area contributed by atoms with Crippen molar-refractivity contribution in [1.82, 2.24) is 0 Å². The van der Waals surface area contributed by atoms with Crippen molar-refractivity contribution in [3.63, 3.8) is 0 Å². The fourth-order valence-electron chi connectivity index (χ4n) is 6.54. The molecule has 0 fully saturated rings. The number of carbonyl (C=O) groups is 3. The average molecular weight is 723 g/mol. The second-order valence-corrected chi connectivity index (χ2v) is 16.1. The van der Waals surface area contributed by atoms with Crippen molar-refractivity contribution in [1.29, 1.82) is 0 Å². The van der Waals surface area contributed by atoms with Crippen LogP contribution in [0.4, 0.5) is 0 Å². The molecular weight excluding hydrogens is 636 g/mol. The highest BCUT2D eigenvalue weighted by atomic mass is 16.6. The van der Waals surface area contributed by atoms with Crippen LogP contribution in [0.3, 0.4) is 0 Å². The molecule has 51 heavy (non-hydrogen) atoms. The van der Waals surface area contributed by atoms with Gasteiger partial charge in [0.1, 0.15) is 13.2 Å². The number of ether oxygens (including phenoxy) is 3. The van der Waals surface area contributed by atoms with Crippen molar-refractivity contribution < 1.29 is 28.6 Å². The van der Waals surface area contributed by atoms with E-state index in [1.807, 2.05) is 0 Å². The van der Waals surface area contributed by atoms with Gasteiger partial charge in [0, 0.05) is 19.3 Å². The molecule has 6 heteroatoms. The second kappa shape index (κ2) is 38.1. The summed E-state index contributed by atoms with van der Waals surface area (Å²) in [5, 5.41) is 0. The molecular formula is C45H86O6. The van der Waals surface area contributed by atoms with Gasteiger partial charge >= 0.3 is 17.9 Å². The van der Waals surface area contributed by atoms with Crippen LogP contribution in [0.1, 0.15) is 240 Å². The van der Waals surface area contributed by atoms with Crippen LogP contribution >= 0.6 is 0 Å². The van der Waals surface area contributed by atoms with Gasteiger partial charge in [-0.05, 0) is 31.1 Å². The van der Waals surface area contributed by atoms with E-state index in [4.69, 9.17) is 14.2 Å². The van der Waals surface area contributed by atoms with Crippen LogP contribution in [0.25, 0.3) is 0 Å². The van der Waals surface area contributed by atoms with Crippen molar-refractivity contribution in [2.75, 3.05) is 13.2 Å². The Morgan fingerprint density at radius 1 is 0.412 bits per heavy atom. The van der Waals surface area contributed by atoms with E-state index < -0.39 is 6.10 Å². The zero-order valence-corrected chi connectivity index (χ0v) is 34.7. The normalized spacial score (nSPS) is 12.6. The van der Waals surface area contributed by atoms with Crippen LogP contribution in [0.15, 0.2) is 0 Å². The molecule has 0 aromatic carbocycles. The van der Waals surface area contributed by atoms with Crippen LogP contribution in [0.2, 0.25) is 0 Å². The lowest BCUT2D eigenvalue weighted by Gasteiger charge is -2.18. The van der Waals surface area contributed by atoms with Gasteiger partial charge < -0.3 is 14.2 Å². The minimum absolute atomic E-state index is 0.0659. The van der Waals surface area contributed by atoms with E-state index >= 15 is 0 Å². The Bertz CT molecular complexity index is 781. The van der Waals surface area contributed by atoms with E-state index in [-0.39, 0.29) is 31.1 Å². The molecule has 0 rings (SSSR count). The first-order chi connectivity index (χ1) is 24.8. The molecule has 0 amide bonds. The topological polar surface area (TPSA) is 78.9 Å². The Hall–Kier alpha value is -1.59. The Labute approximate surface area is 317 Å². The highest BCUT2D eigenvalue weighted by Crippen LogP contribution is 2.17. The lowest BCUT2D eigenvalue weighted by atomic mass is 10.00. The fraction of sp³-hybridized carbons (Fsp3) is 0.933. The molecule has 2 atom stereocenters. The predicted molar refractivity (Wildman–Crippen MR) is 215 cm³/mol. The second-order valence-electron chi connectivity index (χ2n) is 16.1. The van der Waals surface area contributed by atoms with Crippen LogP contribution < -0.4 is 0 Å². The van der Waals surface area contributed by atoms with Crippen LogP contribution in [0, 0.1) is 11.8 Å². The summed E-state index contributed by atoms with van der Waals surface area (Å²) in [7, 11) is 0. The summed E-state index contributed by atoms with van der Waals surface area (Å²) in [4.78, 5) is 37.6. The van der Waals surface area contributed by atoms with Crippen molar-refractivity contribution in [3.05, 3.63) is 0 Å². The van der Waals surface area contributed by atoms with Gasteiger partial charge in [0.2, 0.25) is 0 Å². The molecule has 0 saturated heterocycles. The summed E-state index contributed by atoms with van der Waals surface area (Å²) in [5.74, 6) is 0.772. The van der Waals surface area contributed by atoms with Crippen LogP contribution in [0.5, 0.6) is 0 Å². The number of hydrogen-bond donors (Lipinski definition) is 0. The van der Waals surface area contributed by atoms with Gasteiger partial charge in [0.05, 0.1) is 0 Å². The SMILES string of the molecule is CCCCCCCCCCCC(=O)OC[C@@H](COC(=O)CCCCCCCCCCCCCC(C)C)OC(=O)CCCCCCCCC(C)CC. The van der Waals surface area contributed by atoms with E-state index in [0.717, 1.165) is 69.6 Å². The first kappa shape index (κ1) is 49.4. The maximum absolute atomic E-state index is 12.7. The smallest absolute Gasteiger partial charge is 0.306 e. The van der Waals surface area contributed by atoms with Gasteiger partial charge in [0.25, 0.3) is 0 Å². The maximum Gasteiger partial charge on any atom is 0.306 e. The number of esters is 3. The molecule has 0 bridgehead atoms. The Kier molecular flexibility index (Phi) is 37.0. The summed E-state index contributed by atoms with van der Waals surface area (Å²) in [6.45, 7) is 11.3. The lowest BCUT2D eigenvalue weighted by Crippen LogP contribution is -2.30. The first-order valence-corrected chi connectivity index (χ1v) is 22.3. The van der Waals surface area contributed by atoms with E-state index in [1.54, 1.807) is 0 Å². The van der Waals surface area contributed by atoms with E-state index in [0.29, 0.717) is 19.3 Å². The Balaban J connectivity index is 4.31. The third-order valence-electron chi connectivity index (χ3n) is 10.3. The van der Waals surface area contributed by atoms with Gasteiger partial charge in [0.15, 0.2) is 6.10 Å². The summed E-state index contributed by atoms with van der Waals surface area (Å²) in [6.07, 6.45) is 35.2. The fourth-order valence-corrected chi connectivity index (χ4v) is 6.54. The van der Waals surface area contributed by atoms with Crippen molar-refractivity contribution >= 4 is 17.9 Å². The minimum atomic E-state index is -0.760. The molecule has 0 aliphatic carbocycles. The highest BCUT2D eigenvalue weighted by molar-refractivity contribution is 5.71. The van der Waals surface area contributed by atoms with E-state index in [1.165, 1.54) is 128 Å². The molecule has 1 unspecified atom stereocenters. The van der Waals surface area contributed by atoms with Crippen LogP contribution in [-0.4, -0.2) is 37.2 Å². The Morgan fingerprint density at radius 3 is 1.12 bits per heavy atom. The van der Waals surface area contributed by atoms with Gasteiger partial charge in [-0.15, -0.1) is 0 Å². The zero-order valence-electron chi connectivity index (χ0n) is 34.7. The lowest BCUT2D eigenvalue weighted by molar-refractivity contribution is -0.167. The van der Waals surface area contributed by atoms with Crippen molar-refractivity contribution in [3.8, 4) is 0 Å². The molecule has 0 aromatic heterocycles. The number of rotatable bonds is 39. The standard InChI is InChI=1S/C45H86O6/c1-6-8-9-10-11-15-19-25-30-35-43(46)49-38-42(51-45(48)37-32-27-22-21-24-29-34-41(5)7-2)39-50-44(47)36-31-26-20-17-14-12-13-16-18-23-28-33-40(3)4/h40-42H,6-39H2,1-5H3/t41?,42-/m0/s1. The first-order valence-electron chi connectivity index (χ1n) is 22.3. The summed E-state index contributed by atoms with van der Waals surface area (Å²) in [6, 6.07) is 0. The average Bonchev–Trinajstić information content (AvgIpc) is 3.11. The number of unbranched alkanes of at least 4 members (excludes halogenated alkanes) is 23. The summed E-state index contributed by atoms with van der Waals surface area (Å²) >= 11 is 0. The van der Waals surface area contributed by atoms with E-state index in [2.05, 4.69) is 34.6 Å². The zero-order chi connectivity index (χ0) is 37.6. The molecule has 0 heterocycles. The molecule has 0 aliphatic rings. The van der Waals surface area contributed by atoms with Crippen LogP contribution in [-0.2, 0) is 28.6 Å². The minimum Gasteiger partial charge on any atom is -0.462 e. The Morgan fingerprint density at radius 2 is 0.745 bits per heavy atom. The molecule has 0 aromatic rings. The van der Waals surface area contributed by atoms with Gasteiger partial charge in [-0.2, -0.15) is 0 Å². The number of hydrogen-bond acceptors (Lipinski definition) is 6. The maximum atomic E-state index is 12.7. The molecule has 0 saturated carbocycles. The molecule has 6 nitrogen and oxygen atoms in total. The third kappa shape index (κ3) is 38.0. The highest BCUT2D eigenvalue weighted by Gasteiger charge is 2.19. The molecule has 0 spiro atoms. The third-order valence-corrected chi connectivity index (χ3v) is 10.3. The summed E-state index contributed by atoms with van der Waals surface area (Å²) in [5.41, 5.74) is 0. The molecule has 0 N–H and O–H groups in total. The molecule has 0 aliphatic heterocycles. The van der Waals surface area contributed by atoms with Crippen molar-refractivity contribution in [2.45, 2.75) is 246 Å². The number of carbonyl (C=O) groups excluding carboxylic acids is 3. The van der Waals surface area contributed by atoms with E-state index in [9.17, 15) is 14.4 Å². The monoisotopic (exact) mass is 723 g/mol. The summed E-state index contributed by atoms with van der Waals surface area (Å²) < 4.78 is 16.7. The largest absolute Gasteiger partial charge is 0.462 e. The van der Waals surface area contributed by atoms with Gasteiger partial charge in [-0.3, -0.25) is 14.4 Å².